The molecule has 152 valence electrons. The van der Waals surface area contributed by atoms with Crippen LogP contribution >= 0.6 is 0 Å². The van der Waals surface area contributed by atoms with Gasteiger partial charge in [-0.25, -0.2) is 0 Å². The average Bonchev–Trinajstić information content (AvgIpc) is 2.72. The lowest BCUT2D eigenvalue weighted by molar-refractivity contribution is -0.114. The molecule has 2 N–H and O–H groups in total. The van der Waals surface area contributed by atoms with Gasteiger partial charge in [0.15, 0.2) is 0 Å². The number of unbranched alkanes of at least 4 members (excludes halogenated alkanes) is 3. The summed E-state index contributed by atoms with van der Waals surface area (Å²) in [6.07, 6.45) is 4.68. The third-order valence-electron chi connectivity index (χ3n) is 4.23. The molecule has 0 aliphatic carbocycles. The quantitative estimate of drug-likeness (QED) is 0.517. The molecular weight excluding hydrogens is 356 g/mol. The minimum atomic E-state index is -0.183. The van der Waals surface area contributed by atoms with Gasteiger partial charge in [0.1, 0.15) is 17.2 Å². The molecule has 0 unspecified atom stereocenters. The number of benzene rings is 2. The summed E-state index contributed by atoms with van der Waals surface area (Å²) in [7, 11) is 3.14. The number of nitrogens with one attached hydrogen (secondary N) is 2. The Balaban J connectivity index is 1.85. The van der Waals surface area contributed by atoms with Crippen molar-refractivity contribution in [2.75, 3.05) is 38.0 Å². The molecule has 0 bridgehead atoms. The highest BCUT2D eigenvalue weighted by molar-refractivity contribution is 5.95. The second kappa shape index (κ2) is 11.7. The third-order valence-corrected chi connectivity index (χ3v) is 4.23. The van der Waals surface area contributed by atoms with E-state index in [-0.39, 0.29) is 12.5 Å². The largest absolute Gasteiger partial charge is 0.497 e. The van der Waals surface area contributed by atoms with Crippen LogP contribution in [0.5, 0.6) is 17.2 Å². The van der Waals surface area contributed by atoms with Crippen LogP contribution < -0.4 is 24.8 Å². The Kier molecular flexibility index (Phi) is 8.98. The molecular formula is C22H30N2O4. The molecule has 0 saturated carbocycles. The van der Waals surface area contributed by atoms with Crippen LogP contribution in [0.25, 0.3) is 0 Å². The smallest absolute Gasteiger partial charge is 0.243 e. The van der Waals surface area contributed by atoms with Crippen molar-refractivity contribution in [1.82, 2.24) is 0 Å². The van der Waals surface area contributed by atoms with Crippen LogP contribution in [0.1, 0.15) is 32.6 Å². The number of hydrogen-bond acceptors (Lipinski definition) is 5. The van der Waals surface area contributed by atoms with E-state index < -0.39 is 0 Å². The molecule has 0 spiro atoms. The van der Waals surface area contributed by atoms with Crippen molar-refractivity contribution >= 4 is 17.3 Å². The minimum Gasteiger partial charge on any atom is -0.497 e. The van der Waals surface area contributed by atoms with E-state index in [1.165, 1.54) is 19.3 Å². The van der Waals surface area contributed by atoms with Gasteiger partial charge in [-0.05, 0) is 30.7 Å². The Hall–Kier alpha value is -2.89. The second-order valence-corrected chi connectivity index (χ2v) is 6.40. The van der Waals surface area contributed by atoms with E-state index in [9.17, 15) is 4.79 Å². The molecule has 2 rings (SSSR count). The second-order valence-electron chi connectivity index (χ2n) is 6.40. The van der Waals surface area contributed by atoms with Gasteiger partial charge in [-0.3, -0.25) is 4.79 Å². The summed E-state index contributed by atoms with van der Waals surface area (Å²) < 4.78 is 16.3. The van der Waals surface area contributed by atoms with Gasteiger partial charge < -0.3 is 24.8 Å². The van der Waals surface area contributed by atoms with E-state index in [1.807, 2.05) is 24.3 Å². The summed E-state index contributed by atoms with van der Waals surface area (Å²) in [5.41, 5.74) is 1.40. The molecule has 0 atom stereocenters. The van der Waals surface area contributed by atoms with Crippen LogP contribution in [-0.2, 0) is 4.79 Å². The fourth-order valence-corrected chi connectivity index (χ4v) is 2.70. The molecule has 2 aromatic carbocycles. The number of carbonyl (C=O) groups excluding carboxylic acids is 1. The van der Waals surface area contributed by atoms with E-state index in [4.69, 9.17) is 14.2 Å². The molecule has 0 aliphatic rings. The van der Waals surface area contributed by atoms with Crippen LogP contribution in [0.2, 0.25) is 0 Å². The number of anilines is 2. The number of rotatable bonds is 12. The van der Waals surface area contributed by atoms with Crippen molar-refractivity contribution in [3.05, 3.63) is 42.5 Å². The lowest BCUT2D eigenvalue weighted by Crippen LogP contribution is -2.22. The first-order valence-electron chi connectivity index (χ1n) is 9.65. The standard InChI is InChI=1S/C22H30N2O4/c1-4-5-6-7-13-28-19-10-8-9-17(14-19)23-16-22(25)24-20-15-18(26-2)11-12-21(20)27-3/h8-12,14-15,23H,4-7,13,16H2,1-3H3,(H,24,25). The first-order valence-corrected chi connectivity index (χ1v) is 9.65. The number of methoxy groups -OCH3 is 2. The number of ether oxygens (including phenoxy) is 3. The molecule has 28 heavy (non-hydrogen) atoms. The maximum Gasteiger partial charge on any atom is 0.243 e. The highest BCUT2D eigenvalue weighted by atomic mass is 16.5. The summed E-state index contributed by atoms with van der Waals surface area (Å²) in [5, 5.41) is 5.95. The van der Waals surface area contributed by atoms with Crippen molar-refractivity contribution in [3.63, 3.8) is 0 Å². The summed E-state index contributed by atoms with van der Waals surface area (Å²) in [5.74, 6) is 1.84. The highest BCUT2D eigenvalue weighted by Gasteiger charge is 2.09. The predicted octanol–water partition coefficient (Wildman–Crippen LogP) is 4.71. The lowest BCUT2D eigenvalue weighted by Gasteiger charge is -2.13. The van der Waals surface area contributed by atoms with Crippen molar-refractivity contribution in [3.8, 4) is 17.2 Å². The molecule has 0 aromatic heterocycles. The van der Waals surface area contributed by atoms with Gasteiger partial charge in [0.05, 0.1) is 33.1 Å². The molecule has 1 amide bonds. The maximum atomic E-state index is 12.3. The Bertz CT molecular complexity index is 749. The molecule has 0 heterocycles. The van der Waals surface area contributed by atoms with Gasteiger partial charge in [-0.1, -0.05) is 32.3 Å². The summed E-state index contributed by atoms with van der Waals surface area (Å²) in [6.45, 7) is 3.02. The van der Waals surface area contributed by atoms with Crippen molar-refractivity contribution in [2.24, 2.45) is 0 Å². The van der Waals surface area contributed by atoms with E-state index in [2.05, 4.69) is 17.6 Å². The zero-order chi connectivity index (χ0) is 20.2. The van der Waals surface area contributed by atoms with E-state index in [0.29, 0.717) is 23.8 Å². The van der Waals surface area contributed by atoms with Crippen LogP contribution in [-0.4, -0.2) is 33.3 Å². The fraction of sp³-hybridized carbons (Fsp3) is 0.409. The molecule has 0 saturated heterocycles. The topological polar surface area (TPSA) is 68.8 Å². The van der Waals surface area contributed by atoms with Crippen LogP contribution in [0.15, 0.2) is 42.5 Å². The van der Waals surface area contributed by atoms with Gasteiger partial charge >= 0.3 is 0 Å². The molecule has 0 radical (unpaired) electrons. The Labute approximate surface area is 167 Å². The van der Waals surface area contributed by atoms with Crippen LogP contribution in [0, 0.1) is 0 Å². The fourth-order valence-electron chi connectivity index (χ4n) is 2.70. The molecule has 2 aromatic rings. The van der Waals surface area contributed by atoms with Crippen LogP contribution in [0.3, 0.4) is 0 Å². The minimum absolute atomic E-state index is 0.125. The number of carbonyl (C=O) groups is 1. The molecule has 0 aliphatic heterocycles. The highest BCUT2D eigenvalue weighted by Crippen LogP contribution is 2.28. The zero-order valence-electron chi connectivity index (χ0n) is 16.9. The monoisotopic (exact) mass is 386 g/mol. The summed E-state index contributed by atoms with van der Waals surface area (Å²) in [6, 6.07) is 12.9. The lowest BCUT2D eigenvalue weighted by atomic mass is 10.2. The summed E-state index contributed by atoms with van der Waals surface area (Å²) in [4.78, 5) is 12.3. The summed E-state index contributed by atoms with van der Waals surface area (Å²) >= 11 is 0. The van der Waals surface area contributed by atoms with Gasteiger partial charge in [0, 0.05) is 17.8 Å². The SMILES string of the molecule is CCCCCCOc1cccc(NCC(=O)Nc2cc(OC)ccc2OC)c1. The normalized spacial score (nSPS) is 10.2. The van der Waals surface area contributed by atoms with Gasteiger partial charge in [-0.15, -0.1) is 0 Å². The average molecular weight is 386 g/mol. The predicted molar refractivity (Wildman–Crippen MR) is 113 cm³/mol. The number of hydrogen-bond donors (Lipinski definition) is 2. The maximum absolute atomic E-state index is 12.3. The molecule has 6 nitrogen and oxygen atoms in total. The van der Waals surface area contributed by atoms with Gasteiger partial charge in [0.25, 0.3) is 0 Å². The van der Waals surface area contributed by atoms with Crippen molar-refractivity contribution in [1.29, 1.82) is 0 Å². The van der Waals surface area contributed by atoms with Gasteiger partial charge in [0.2, 0.25) is 5.91 Å². The van der Waals surface area contributed by atoms with E-state index >= 15 is 0 Å². The van der Waals surface area contributed by atoms with E-state index in [0.717, 1.165) is 17.9 Å². The van der Waals surface area contributed by atoms with Crippen molar-refractivity contribution < 1.29 is 19.0 Å². The first kappa shape index (κ1) is 21.4. The van der Waals surface area contributed by atoms with Gasteiger partial charge in [-0.2, -0.15) is 0 Å². The van der Waals surface area contributed by atoms with Crippen molar-refractivity contribution in [2.45, 2.75) is 32.6 Å². The number of amides is 1. The van der Waals surface area contributed by atoms with E-state index in [1.54, 1.807) is 32.4 Å². The first-order chi connectivity index (χ1) is 13.7. The van der Waals surface area contributed by atoms with Crippen LogP contribution in [0.4, 0.5) is 11.4 Å². The molecule has 0 fully saturated rings. The zero-order valence-corrected chi connectivity index (χ0v) is 16.9. The molecule has 6 heteroatoms. The Morgan fingerprint density at radius 2 is 1.82 bits per heavy atom. The third kappa shape index (κ3) is 7.02. The Morgan fingerprint density at radius 1 is 0.964 bits per heavy atom. The Morgan fingerprint density at radius 3 is 2.57 bits per heavy atom.